The summed E-state index contributed by atoms with van der Waals surface area (Å²) < 4.78 is 26.1. The first-order valence-corrected chi connectivity index (χ1v) is 8.48. The van der Waals surface area contributed by atoms with Gasteiger partial charge in [-0.2, -0.15) is 0 Å². The van der Waals surface area contributed by atoms with Crippen LogP contribution < -0.4 is 10.0 Å². The predicted octanol–water partition coefficient (Wildman–Crippen LogP) is 0.641. The van der Waals surface area contributed by atoms with Crippen LogP contribution in [-0.4, -0.2) is 33.3 Å². The lowest BCUT2D eigenvalue weighted by Crippen LogP contribution is -2.34. The van der Waals surface area contributed by atoms with Crippen LogP contribution in [-0.2, 0) is 14.8 Å². The van der Waals surface area contributed by atoms with Gasteiger partial charge in [0.05, 0.1) is 4.90 Å². The van der Waals surface area contributed by atoms with Gasteiger partial charge in [-0.25, -0.2) is 8.42 Å². The third-order valence-electron chi connectivity index (χ3n) is 3.86. The van der Waals surface area contributed by atoms with E-state index in [1.807, 2.05) is 0 Å². The highest BCUT2D eigenvalue weighted by atomic mass is 32.2. The molecule has 21 heavy (non-hydrogen) atoms. The van der Waals surface area contributed by atoms with Gasteiger partial charge in [-0.1, -0.05) is 18.6 Å². The molecule has 6 nitrogen and oxygen atoms in total. The quantitative estimate of drug-likeness (QED) is 0.856. The summed E-state index contributed by atoms with van der Waals surface area (Å²) in [6.45, 7) is 0.616. The van der Waals surface area contributed by atoms with Crippen molar-refractivity contribution in [3.63, 3.8) is 0 Å². The molecule has 0 saturated heterocycles. The number of amidine groups is 1. The molecule has 1 fully saturated rings. The Labute approximate surface area is 123 Å². The Morgan fingerprint density at radius 1 is 1.33 bits per heavy atom. The lowest BCUT2D eigenvalue weighted by atomic mass is 9.85. The van der Waals surface area contributed by atoms with Crippen LogP contribution in [0.5, 0.6) is 0 Å². The topological polar surface area (TPSA) is 87.6 Å². The van der Waals surface area contributed by atoms with Crippen molar-refractivity contribution >= 4 is 21.8 Å². The Morgan fingerprint density at radius 3 is 2.81 bits per heavy atom. The van der Waals surface area contributed by atoms with E-state index >= 15 is 0 Å². The largest absolute Gasteiger partial charge is 0.354 e. The summed E-state index contributed by atoms with van der Waals surface area (Å²) in [6, 6.07) is 6.61. The van der Waals surface area contributed by atoms with Gasteiger partial charge in [0, 0.05) is 12.1 Å². The number of carbonyl (C=O) groups excluding carboxylic acids is 1. The molecule has 1 aliphatic carbocycles. The minimum Gasteiger partial charge on any atom is -0.354 e. The van der Waals surface area contributed by atoms with Crippen molar-refractivity contribution in [2.45, 2.75) is 24.2 Å². The molecular weight excluding hydrogens is 290 g/mol. The van der Waals surface area contributed by atoms with Crippen molar-refractivity contribution < 1.29 is 13.2 Å². The molecule has 3 rings (SSSR count). The standard InChI is InChI=1S/C14H17N3O3S/c18-13(15-8-10-4-3-5-10)9-16-14-11-6-1-2-7-12(11)21(19,20)17-14/h1-2,6-7,10H,3-5,8-9H2,(H,15,18)(H,16,17). The van der Waals surface area contributed by atoms with E-state index in [-0.39, 0.29) is 23.2 Å². The number of hydrogen-bond donors (Lipinski definition) is 2. The summed E-state index contributed by atoms with van der Waals surface area (Å²) in [5.41, 5.74) is 0.518. The number of carbonyl (C=O) groups is 1. The second-order valence-electron chi connectivity index (χ2n) is 5.37. The van der Waals surface area contributed by atoms with E-state index in [4.69, 9.17) is 0 Å². The van der Waals surface area contributed by atoms with Crippen LogP contribution in [0.3, 0.4) is 0 Å². The first kappa shape index (κ1) is 14.1. The normalized spacial score (nSPS) is 21.4. The van der Waals surface area contributed by atoms with Gasteiger partial charge in [-0.3, -0.25) is 14.5 Å². The van der Waals surface area contributed by atoms with Gasteiger partial charge in [0.2, 0.25) is 5.91 Å². The van der Waals surface area contributed by atoms with Crippen molar-refractivity contribution in [2.24, 2.45) is 10.9 Å². The molecule has 7 heteroatoms. The van der Waals surface area contributed by atoms with Crippen LogP contribution in [0.15, 0.2) is 34.2 Å². The van der Waals surface area contributed by atoms with Gasteiger partial charge in [-0.05, 0) is 30.9 Å². The van der Waals surface area contributed by atoms with Crippen LogP contribution in [0.2, 0.25) is 0 Å². The Bertz CT molecular complexity index is 693. The maximum absolute atomic E-state index is 11.9. The molecule has 1 aromatic rings. The van der Waals surface area contributed by atoms with Crippen LogP contribution in [0.4, 0.5) is 0 Å². The molecule has 0 aromatic heterocycles. The fourth-order valence-electron chi connectivity index (χ4n) is 2.41. The lowest BCUT2D eigenvalue weighted by molar-refractivity contribution is -0.120. The number of sulfonamides is 1. The van der Waals surface area contributed by atoms with Crippen LogP contribution >= 0.6 is 0 Å². The molecule has 0 radical (unpaired) electrons. The zero-order chi connectivity index (χ0) is 14.9. The molecule has 1 aromatic carbocycles. The molecule has 0 unspecified atom stereocenters. The Kier molecular flexibility index (Phi) is 3.67. The Morgan fingerprint density at radius 2 is 2.10 bits per heavy atom. The van der Waals surface area contributed by atoms with Gasteiger partial charge in [0.1, 0.15) is 12.4 Å². The molecule has 112 valence electrons. The first-order valence-electron chi connectivity index (χ1n) is 6.99. The van der Waals surface area contributed by atoms with Crippen LogP contribution in [0.25, 0.3) is 0 Å². The zero-order valence-corrected chi connectivity index (χ0v) is 12.3. The van der Waals surface area contributed by atoms with Gasteiger partial charge < -0.3 is 5.32 Å². The molecular formula is C14H17N3O3S. The number of amides is 1. The fourth-order valence-corrected chi connectivity index (χ4v) is 3.66. The summed E-state index contributed by atoms with van der Waals surface area (Å²) in [5, 5.41) is 2.83. The van der Waals surface area contributed by atoms with E-state index in [1.165, 1.54) is 25.3 Å². The second kappa shape index (κ2) is 5.48. The van der Waals surface area contributed by atoms with Gasteiger partial charge in [0.25, 0.3) is 10.0 Å². The van der Waals surface area contributed by atoms with Crippen LogP contribution in [0, 0.1) is 5.92 Å². The second-order valence-corrected chi connectivity index (χ2v) is 7.02. The molecule has 0 spiro atoms. The molecule has 1 aliphatic heterocycles. The van der Waals surface area contributed by atoms with E-state index in [2.05, 4.69) is 15.0 Å². The van der Waals surface area contributed by atoms with E-state index in [1.54, 1.807) is 18.2 Å². The number of benzene rings is 1. The minimum absolute atomic E-state index is 0.0705. The number of nitrogens with zero attached hydrogens (tertiary/aromatic N) is 1. The highest BCUT2D eigenvalue weighted by Crippen LogP contribution is 2.25. The highest BCUT2D eigenvalue weighted by molar-refractivity contribution is 7.90. The van der Waals surface area contributed by atoms with Crippen molar-refractivity contribution in [1.82, 2.24) is 10.0 Å². The van der Waals surface area contributed by atoms with E-state index < -0.39 is 10.0 Å². The van der Waals surface area contributed by atoms with E-state index in [9.17, 15) is 13.2 Å². The van der Waals surface area contributed by atoms with Gasteiger partial charge >= 0.3 is 0 Å². The SMILES string of the molecule is O=C(CN=C1NS(=O)(=O)c2ccccc21)NCC1CCC1. The molecule has 1 amide bonds. The summed E-state index contributed by atoms with van der Waals surface area (Å²) in [6.07, 6.45) is 3.57. The smallest absolute Gasteiger partial charge is 0.263 e. The highest BCUT2D eigenvalue weighted by Gasteiger charge is 2.30. The number of fused-ring (bicyclic) bond motifs is 1. The predicted molar refractivity (Wildman–Crippen MR) is 78.5 cm³/mol. The number of nitrogens with one attached hydrogen (secondary N) is 2. The maximum atomic E-state index is 11.9. The monoisotopic (exact) mass is 307 g/mol. The molecule has 1 heterocycles. The number of aliphatic imine (C=N–C) groups is 1. The summed E-state index contributed by atoms with van der Waals surface area (Å²) in [5.74, 6) is 0.648. The molecule has 1 saturated carbocycles. The first-order chi connectivity index (χ1) is 10.1. The summed E-state index contributed by atoms with van der Waals surface area (Å²) >= 11 is 0. The van der Waals surface area contributed by atoms with E-state index in [0.29, 0.717) is 18.0 Å². The summed E-state index contributed by atoms with van der Waals surface area (Å²) in [4.78, 5) is 16.0. The Hall–Kier alpha value is -1.89. The summed E-state index contributed by atoms with van der Waals surface area (Å²) in [7, 11) is -3.54. The van der Waals surface area contributed by atoms with Crippen molar-refractivity contribution in [2.75, 3.05) is 13.1 Å². The van der Waals surface area contributed by atoms with Gasteiger partial charge in [0.15, 0.2) is 0 Å². The van der Waals surface area contributed by atoms with Gasteiger partial charge in [-0.15, -0.1) is 0 Å². The molecule has 0 atom stereocenters. The van der Waals surface area contributed by atoms with Crippen molar-refractivity contribution in [3.05, 3.63) is 29.8 Å². The average Bonchev–Trinajstić information content (AvgIpc) is 2.67. The minimum atomic E-state index is -3.54. The molecule has 2 aliphatic rings. The molecule has 0 bridgehead atoms. The average molecular weight is 307 g/mol. The van der Waals surface area contributed by atoms with E-state index in [0.717, 1.165) is 0 Å². The lowest BCUT2D eigenvalue weighted by Gasteiger charge is -2.25. The van der Waals surface area contributed by atoms with Crippen LogP contribution in [0.1, 0.15) is 24.8 Å². The van der Waals surface area contributed by atoms with Crippen molar-refractivity contribution in [1.29, 1.82) is 0 Å². The third-order valence-corrected chi connectivity index (χ3v) is 5.25. The Balaban J connectivity index is 1.65. The maximum Gasteiger partial charge on any atom is 0.263 e. The number of rotatable bonds is 4. The molecule has 2 N–H and O–H groups in total. The zero-order valence-electron chi connectivity index (χ0n) is 11.5. The third kappa shape index (κ3) is 2.92. The fraction of sp³-hybridized carbons (Fsp3) is 0.429. The number of hydrogen-bond acceptors (Lipinski definition) is 4. The van der Waals surface area contributed by atoms with Crippen molar-refractivity contribution in [3.8, 4) is 0 Å².